The van der Waals surface area contributed by atoms with Gasteiger partial charge in [-0.05, 0) is 51.0 Å². The molecule has 3 aromatic rings. The van der Waals surface area contributed by atoms with Gasteiger partial charge in [-0.25, -0.2) is 9.97 Å². The number of nitrogens with one attached hydrogen (secondary N) is 2. The Kier molecular flexibility index (Phi) is 5.33. The summed E-state index contributed by atoms with van der Waals surface area (Å²) in [6.45, 7) is 5.87. The molecule has 1 saturated heterocycles. The number of carbonyl (C=O) groups is 1. The molecule has 1 aliphatic rings. The Balaban J connectivity index is 1.43. The molecule has 0 saturated carbocycles. The average Bonchev–Trinajstić information content (AvgIpc) is 3.24. The largest absolute Gasteiger partial charge is 0.356 e. The summed E-state index contributed by atoms with van der Waals surface area (Å²) in [6, 6.07) is 9.40. The molecule has 148 valence electrons. The molecule has 3 heterocycles. The fourth-order valence-electron chi connectivity index (χ4n) is 3.19. The second kappa shape index (κ2) is 8.22. The van der Waals surface area contributed by atoms with Gasteiger partial charge in [0.15, 0.2) is 0 Å². The number of rotatable bonds is 5. The van der Waals surface area contributed by atoms with Gasteiger partial charge in [0.25, 0.3) is 5.91 Å². The summed E-state index contributed by atoms with van der Waals surface area (Å²) in [5, 5.41) is 6.06. The van der Waals surface area contributed by atoms with Crippen LogP contribution in [0.5, 0.6) is 0 Å². The summed E-state index contributed by atoms with van der Waals surface area (Å²) < 4.78 is 0. The van der Waals surface area contributed by atoms with Crippen LogP contribution >= 0.6 is 0 Å². The van der Waals surface area contributed by atoms with Gasteiger partial charge in [-0.1, -0.05) is 0 Å². The zero-order valence-electron chi connectivity index (χ0n) is 16.5. The van der Waals surface area contributed by atoms with Crippen LogP contribution in [0, 0.1) is 13.8 Å². The zero-order valence-corrected chi connectivity index (χ0v) is 16.5. The van der Waals surface area contributed by atoms with Crippen molar-refractivity contribution >= 4 is 29.0 Å². The smallest absolute Gasteiger partial charge is 0.275 e. The lowest BCUT2D eigenvalue weighted by molar-refractivity contribution is 0.102. The lowest BCUT2D eigenvalue weighted by Gasteiger charge is -2.17. The molecule has 1 aromatic carbocycles. The second-order valence-corrected chi connectivity index (χ2v) is 7.08. The van der Waals surface area contributed by atoms with Crippen molar-refractivity contribution in [1.82, 2.24) is 19.9 Å². The van der Waals surface area contributed by atoms with Crippen LogP contribution < -0.4 is 15.5 Å². The number of nitrogens with zero attached hydrogens (tertiary/aromatic N) is 5. The Bertz CT molecular complexity index is 997. The van der Waals surface area contributed by atoms with Gasteiger partial charge in [-0.15, -0.1) is 0 Å². The molecule has 0 spiro atoms. The molecule has 1 amide bonds. The maximum absolute atomic E-state index is 12.2. The van der Waals surface area contributed by atoms with Crippen LogP contribution in [-0.4, -0.2) is 38.9 Å². The highest BCUT2D eigenvalue weighted by Gasteiger charge is 2.15. The summed E-state index contributed by atoms with van der Waals surface area (Å²) in [4.78, 5) is 31.8. The molecule has 0 atom stereocenters. The van der Waals surface area contributed by atoms with Crippen LogP contribution in [0.3, 0.4) is 0 Å². The number of aryl methyl sites for hydroxylation is 2. The molecule has 2 aromatic heterocycles. The molecule has 2 N–H and O–H groups in total. The first-order valence-corrected chi connectivity index (χ1v) is 9.64. The molecule has 0 aliphatic carbocycles. The number of hydrogen-bond donors (Lipinski definition) is 2. The maximum Gasteiger partial charge on any atom is 0.275 e. The fraction of sp³-hybridized carbons (Fsp3) is 0.286. The number of amides is 1. The Morgan fingerprint density at radius 1 is 0.931 bits per heavy atom. The van der Waals surface area contributed by atoms with Gasteiger partial charge < -0.3 is 15.5 Å². The van der Waals surface area contributed by atoms with Gasteiger partial charge in [0.05, 0.1) is 11.9 Å². The highest BCUT2D eigenvalue weighted by molar-refractivity contribution is 6.02. The molecule has 8 heteroatoms. The minimum Gasteiger partial charge on any atom is -0.356 e. The third-order valence-corrected chi connectivity index (χ3v) is 4.68. The van der Waals surface area contributed by atoms with Gasteiger partial charge in [0, 0.05) is 42.4 Å². The normalized spacial score (nSPS) is 13.4. The van der Waals surface area contributed by atoms with E-state index in [1.165, 1.54) is 19.0 Å². The first-order chi connectivity index (χ1) is 14.1. The molecule has 4 rings (SSSR count). The van der Waals surface area contributed by atoms with Crippen molar-refractivity contribution in [3.05, 3.63) is 59.8 Å². The molecule has 1 fully saturated rings. The van der Waals surface area contributed by atoms with Gasteiger partial charge in [0.1, 0.15) is 11.5 Å². The Morgan fingerprint density at radius 3 is 2.34 bits per heavy atom. The van der Waals surface area contributed by atoms with Crippen molar-refractivity contribution in [2.75, 3.05) is 28.6 Å². The van der Waals surface area contributed by atoms with E-state index < -0.39 is 0 Å². The molecule has 0 radical (unpaired) electrons. The summed E-state index contributed by atoms with van der Waals surface area (Å²) in [7, 11) is 0. The predicted octanol–water partition coefficient (Wildman–Crippen LogP) is 3.48. The van der Waals surface area contributed by atoms with E-state index in [1.807, 2.05) is 44.2 Å². The van der Waals surface area contributed by atoms with E-state index in [4.69, 9.17) is 0 Å². The van der Waals surface area contributed by atoms with E-state index >= 15 is 0 Å². The van der Waals surface area contributed by atoms with E-state index in [0.29, 0.717) is 11.6 Å². The lowest BCUT2D eigenvalue weighted by Crippen LogP contribution is -2.19. The summed E-state index contributed by atoms with van der Waals surface area (Å²) >= 11 is 0. The zero-order chi connectivity index (χ0) is 20.2. The van der Waals surface area contributed by atoms with E-state index in [1.54, 1.807) is 6.20 Å². The van der Waals surface area contributed by atoms with Gasteiger partial charge in [-0.2, -0.15) is 4.98 Å². The van der Waals surface area contributed by atoms with Crippen LogP contribution in [0.2, 0.25) is 0 Å². The van der Waals surface area contributed by atoms with Gasteiger partial charge in [-0.3, -0.25) is 9.78 Å². The Hall–Kier alpha value is -3.55. The molecule has 29 heavy (non-hydrogen) atoms. The van der Waals surface area contributed by atoms with Crippen LogP contribution in [0.1, 0.15) is 34.7 Å². The Morgan fingerprint density at radius 2 is 1.66 bits per heavy atom. The fourth-order valence-corrected chi connectivity index (χ4v) is 3.19. The van der Waals surface area contributed by atoms with Crippen molar-refractivity contribution in [1.29, 1.82) is 0 Å². The SMILES string of the molecule is Cc1cnc(C(=O)Nc2ccc(Nc3nc(C)cc(N4CCCC4)n3)cc2)cn1. The molecule has 0 bridgehead atoms. The molecular weight excluding hydrogens is 366 g/mol. The average molecular weight is 389 g/mol. The minimum absolute atomic E-state index is 0.278. The van der Waals surface area contributed by atoms with Crippen molar-refractivity contribution < 1.29 is 4.79 Å². The predicted molar refractivity (Wildman–Crippen MR) is 113 cm³/mol. The summed E-state index contributed by atoms with van der Waals surface area (Å²) in [5.74, 6) is 1.23. The molecule has 1 aliphatic heterocycles. The number of benzene rings is 1. The highest BCUT2D eigenvalue weighted by Crippen LogP contribution is 2.22. The first-order valence-electron chi connectivity index (χ1n) is 9.64. The van der Waals surface area contributed by atoms with Crippen molar-refractivity contribution in [3.8, 4) is 0 Å². The third kappa shape index (κ3) is 4.66. The molecular formula is C21H23N7O. The molecule has 8 nitrogen and oxygen atoms in total. The van der Waals surface area contributed by atoms with E-state index in [9.17, 15) is 4.79 Å². The quantitative estimate of drug-likeness (QED) is 0.690. The van der Waals surface area contributed by atoms with Gasteiger partial charge >= 0.3 is 0 Å². The number of aromatic nitrogens is 4. The standard InChI is InChI=1S/C21H23N7O/c1-14-11-19(28-9-3-4-10-28)27-21(24-14)26-17-7-5-16(6-8-17)25-20(29)18-13-22-15(2)12-23-18/h5-8,11-13H,3-4,9-10H2,1-2H3,(H,25,29)(H,24,26,27). The van der Waals surface area contributed by atoms with Crippen molar-refractivity contribution in [3.63, 3.8) is 0 Å². The molecule has 0 unspecified atom stereocenters. The first kappa shape index (κ1) is 18.8. The van der Waals surface area contributed by atoms with Crippen LogP contribution in [0.15, 0.2) is 42.7 Å². The summed E-state index contributed by atoms with van der Waals surface area (Å²) in [5.41, 5.74) is 3.48. The number of carbonyl (C=O) groups excluding carboxylic acids is 1. The van der Waals surface area contributed by atoms with E-state index in [0.717, 1.165) is 36.0 Å². The van der Waals surface area contributed by atoms with Crippen molar-refractivity contribution in [2.45, 2.75) is 26.7 Å². The maximum atomic E-state index is 12.2. The second-order valence-electron chi connectivity index (χ2n) is 7.08. The minimum atomic E-state index is -0.296. The Labute approximate surface area is 169 Å². The topological polar surface area (TPSA) is 95.9 Å². The van der Waals surface area contributed by atoms with E-state index in [2.05, 4.69) is 35.5 Å². The number of anilines is 4. The monoisotopic (exact) mass is 389 g/mol. The van der Waals surface area contributed by atoms with E-state index in [-0.39, 0.29) is 11.6 Å². The lowest BCUT2D eigenvalue weighted by atomic mass is 10.2. The van der Waals surface area contributed by atoms with Crippen LogP contribution in [0.25, 0.3) is 0 Å². The van der Waals surface area contributed by atoms with Crippen LogP contribution in [0.4, 0.5) is 23.1 Å². The number of hydrogen-bond acceptors (Lipinski definition) is 7. The van der Waals surface area contributed by atoms with Crippen LogP contribution in [-0.2, 0) is 0 Å². The third-order valence-electron chi connectivity index (χ3n) is 4.68. The van der Waals surface area contributed by atoms with Crippen molar-refractivity contribution in [2.24, 2.45) is 0 Å². The van der Waals surface area contributed by atoms with Gasteiger partial charge in [0.2, 0.25) is 5.95 Å². The summed E-state index contributed by atoms with van der Waals surface area (Å²) in [6.07, 6.45) is 5.44. The highest BCUT2D eigenvalue weighted by atomic mass is 16.1.